The van der Waals surface area contributed by atoms with Crippen LogP contribution >= 0.6 is 23.4 Å². The molecular weight excluding hydrogens is 624 g/mol. The van der Waals surface area contributed by atoms with Crippen LogP contribution in [0, 0.1) is 0 Å². The van der Waals surface area contributed by atoms with Crippen molar-refractivity contribution < 1.29 is 37.3 Å². The number of nitrogens with zero attached hydrogens (tertiary/aromatic N) is 2. The SMILES string of the molecule is COc1cc(OC)c2c(=O)c(OCCCCSc3nnc(-c4ccc(Cl)cc4)o3)c(-c3cc(OC)c(OC)c(OC)c3)oc2c1. The molecule has 2 heterocycles. The van der Waals surface area contributed by atoms with Gasteiger partial charge in [-0.25, -0.2) is 0 Å². The molecule has 0 atom stereocenters. The quantitative estimate of drug-likeness (QED) is 0.0891. The Bertz CT molecular complexity index is 1810. The fourth-order valence-corrected chi connectivity index (χ4v) is 5.46. The lowest BCUT2D eigenvalue weighted by atomic mass is 10.1. The lowest BCUT2D eigenvalue weighted by molar-refractivity contribution is 0.301. The van der Waals surface area contributed by atoms with Crippen molar-refractivity contribution in [2.24, 2.45) is 0 Å². The number of hydrogen-bond donors (Lipinski definition) is 0. The first kappa shape index (κ1) is 31.9. The Morgan fingerprint density at radius 1 is 0.756 bits per heavy atom. The van der Waals surface area contributed by atoms with E-state index in [1.165, 1.54) is 47.3 Å². The van der Waals surface area contributed by atoms with Crippen molar-refractivity contribution >= 4 is 34.3 Å². The smallest absolute Gasteiger partial charge is 0.276 e. The monoisotopic (exact) mass is 654 g/mol. The number of unbranched alkanes of at least 4 members (excludes halogenated alkanes) is 1. The van der Waals surface area contributed by atoms with E-state index in [4.69, 9.17) is 48.9 Å². The topological polar surface area (TPSA) is 125 Å². The van der Waals surface area contributed by atoms with Gasteiger partial charge >= 0.3 is 0 Å². The van der Waals surface area contributed by atoms with Crippen LogP contribution in [0.4, 0.5) is 0 Å². The first-order chi connectivity index (χ1) is 21.9. The molecule has 0 unspecified atom stereocenters. The molecule has 11 nitrogen and oxygen atoms in total. The molecule has 3 aromatic carbocycles. The molecule has 13 heteroatoms. The number of aromatic nitrogens is 2. The minimum Gasteiger partial charge on any atom is -0.496 e. The zero-order chi connectivity index (χ0) is 31.9. The third-order valence-electron chi connectivity index (χ3n) is 6.78. The van der Waals surface area contributed by atoms with Crippen molar-refractivity contribution in [2.45, 2.75) is 18.1 Å². The third-order valence-corrected chi connectivity index (χ3v) is 7.94. The molecule has 0 radical (unpaired) electrons. The standard InChI is InChI=1S/C32H31ClN2O9S/c1-37-21-16-22(38-2)26-23(17-21)43-28(19-14-24(39-3)29(41-5)25(15-19)40-4)30(27(26)36)42-12-6-7-13-45-32-35-34-31(44-32)18-8-10-20(33)11-9-18/h8-11,14-17H,6-7,12-13H2,1-5H3. The predicted molar refractivity (Wildman–Crippen MR) is 171 cm³/mol. The molecule has 0 saturated carbocycles. The highest BCUT2D eigenvalue weighted by Gasteiger charge is 2.24. The van der Waals surface area contributed by atoms with Crippen LogP contribution < -0.4 is 33.8 Å². The van der Waals surface area contributed by atoms with Crippen LogP contribution in [0.3, 0.4) is 0 Å². The maximum Gasteiger partial charge on any atom is 0.276 e. The first-order valence-electron chi connectivity index (χ1n) is 13.8. The molecule has 5 rings (SSSR count). The largest absolute Gasteiger partial charge is 0.496 e. The lowest BCUT2D eigenvalue weighted by Gasteiger charge is -2.17. The summed E-state index contributed by atoms with van der Waals surface area (Å²) in [6.07, 6.45) is 1.39. The molecule has 0 saturated heterocycles. The molecule has 45 heavy (non-hydrogen) atoms. The highest BCUT2D eigenvalue weighted by atomic mass is 35.5. The predicted octanol–water partition coefficient (Wildman–Crippen LogP) is 7.16. The van der Waals surface area contributed by atoms with Crippen molar-refractivity contribution in [3.8, 4) is 57.3 Å². The van der Waals surface area contributed by atoms with E-state index < -0.39 is 5.43 Å². The van der Waals surface area contributed by atoms with E-state index in [-0.39, 0.29) is 29.1 Å². The summed E-state index contributed by atoms with van der Waals surface area (Å²) < 4.78 is 45.7. The minimum absolute atomic E-state index is 0.0254. The zero-order valence-electron chi connectivity index (χ0n) is 25.3. The van der Waals surface area contributed by atoms with Crippen LogP contribution in [-0.2, 0) is 0 Å². The second-order valence-electron chi connectivity index (χ2n) is 9.49. The Morgan fingerprint density at radius 2 is 1.47 bits per heavy atom. The number of hydrogen-bond acceptors (Lipinski definition) is 12. The Morgan fingerprint density at radius 3 is 2.11 bits per heavy atom. The summed E-state index contributed by atoms with van der Waals surface area (Å²) in [6.45, 7) is 0.243. The number of ether oxygens (including phenoxy) is 6. The number of fused-ring (bicyclic) bond motifs is 1. The van der Waals surface area contributed by atoms with Crippen molar-refractivity contribution in [1.82, 2.24) is 10.2 Å². The molecule has 0 fully saturated rings. The van der Waals surface area contributed by atoms with Gasteiger partial charge in [0.05, 0.1) is 42.2 Å². The van der Waals surface area contributed by atoms with E-state index in [2.05, 4.69) is 10.2 Å². The summed E-state index contributed by atoms with van der Waals surface area (Å²) in [4.78, 5) is 13.9. The first-order valence-corrected chi connectivity index (χ1v) is 15.1. The van der Waals surface area contributed by atoms with Gasteiger partial charge in [-0.2, -0.15) is 0 Å². The van der Waals surface area contributed by atoms with Gasteiger partial charge in [0.2, 0.25) is 22.8 Å². The Balaban J connectivity index is 1.37. The van der Waals surface area contributed by atoms with Gasteiger partial charge in [-0.3, -0.25) is 4.79 Å². The molecular formula is C32H31ClN2O9S. The molecule has 5 aromatic rings. The third kappa shape index (κ3) is 6.91. The van der Waals surface area contributed by atoms with E-state index in [0.29, 0.717) is 62.6 Å². The molecule has 0 N–H and O–H groups in total. The van der Waals surface area contributed by atoms with Crippen LogP contribution in [0.25, 0.3) is 33.7 Å². The molecule has 0 amide bonds. The van der Waals surface area contributed by atoms with Crippen LogP contribution in [0.5, 0.6) is 34.5 Å². The normalized spacial score (nSPS) is 11.0. The second-order valence-corrected chi connectivity index (χ2v) is 11.0. The maximum atomic E-state index is 13.9. The molecule has 2 aromatic heterocycles. The Hall–Kier alpha value is -4.55. The molecule has 0 aliphatic carbocycles. The number of benzene rings is 3. The van der Waals surface area contributed by atoms with Crippen LogP contribution in [0.15, 0.2) is 67.4 Å². The minimum atomic E-state index is -0.394. The summed E-state index contributed by atoms with van der Waals surface area (Å²) >= 11 is 7.40. The van der Waals surface area contributed by atoms with E-state index >= 15 is 0 Å². The van der Waals surface area contributed by atoms with Crippen molar-refractivity contribution in [3.05, 3.63) is 63.8 Å². The molecule has 0 bridgehead atoms. The number of halogens is 1. The highest BCUT2D eigenvalue weighted by Crippen LogP contribution is 2.44. The molecule has 0 aliphatic heterocycles. The van der Waals surface area contributed by atoms with E-state index in [9.17, 15) is 4.79 Å². The second kappa shape index (κ2) is 14.5. The van der Waals surface area contributed by atoms with Crippen LogP contribution in [-0.4, -0.2) is 58.1 Å². The van der Waals surface area contributed by atoms with Gasteiger partial charge in [0.15, 0.2) is 17.3 Å². The van der Waals surface area contributed by atoms with Gasteiger partial charge < -0.3 is 37.3 Å². The van der Waals surface area contributed by atoms with Gasteiger partial charge in [-0.1, -0.05) is 23.4 Å². The fraction of sp³-hybridized carbons (Fsp3) is 0.281. The highest BCUT2D eigenvalue weighted by molar-refractivity contribution is 7.99. The molecule has 236 valence electrons. The van der Waals surface area contributed by atoms with Gasteiger partial charge in [0.25, 0.3) is 5.22 Å². The fourth-order valence-electron chi connectivity index (χ4n) is 4.57. The van der Waals surface area contributed by atoms with E-state index in [0.717, 1.165) is 12.0 Å². The summed E-state index contributed by atoms with van der Waals surface area (Å²) in [7, 11) is 7.52. The van der Waals surface area contributed by atoms with Crippen LogP contribution in [0.1, 0.15) is 12.8 Å². The van der Waals surface area contributed by atoms with Gasteiger partial charge in [0, 0.05) is 34.0 Å². The van der Waals surface area contributed by atoms with E-state index in [1.54, 1.807) is 36.4 Å². The molecule has 0 spiro atoms. The zero-order valence-corrected chi connectivity index (χ0v) is 26.9. The van der Waals surface area contributed by atoms with Crippen molar-refractivity contribution in [1.29, 1.82) is 0 Å². The van der Waals surface area contributed by atoms with Gasteiger partial charge in [0.1, 0.15) is 22.5 Å². The Kier molecular flexibility index (Phi) is 10.3. The molecule has 0 aliphatic rings. The number of thioether (sulfide) groups is 1. The van der Waals surface area contributed by atoms with Crippen LogP contribution in [0.2, 0.25) is 5.02 Å². The average molecular weight is 655 g/mol. The van der Waals surface area contributed by atoms with Crippen molar-refractivity contribution in [2.75, 3.05) is 47.9 Å². The average Bonchev–Trinajstić information content (AvgIpc) is 3.54. The van der Waals surface area contributed by atoms with Gasteiger partial charge in [-0.05, 0) is 49.2 Å². The summed E-state index contributed by atoms with van der Waals surface area (Å²) in [5.41, 5.74) is 1.15. The maximum absolute atomic E-state index is 13.9. The lowest BCUT2D eigenvalue weighted by Crippen LogP contribution is -2.12. The summed E-state index contributed by atoms with van der Waals surface area (Å²) in [5.74, 6) is 3.28. The van der Waals surface area contributed by atoms with Crippen molar-refractivity contribution in [3.63, 3.8) is 0 Å². The summed E-state index contributed by atoms with van der Waals surface area (Å²) in [5, 5.41) is 9.55. The number of methoxy groups -OCH3 is 5. The summed E-state index contributed by atoms with van der Waals surface area (Å²) in [6, 6.07) is 13.8. The van der Waals surface area contributed by atoms with Gasteiger partial charge in [-0.15, -0.1) is 10.2 Å². The van der Waals surface area contributed by atoms with E-state index in [1.807, 2.05) is 12.1 Å². The Labute approximate surface area is 268 Å². The number of rotatable bonds is 14.